The minimum absolute atomic E-state index is 0.716. The van der Waals surface area contributed by atoms with Crippen LogP contribution in [0.4, 0.5) is 0 Å². The third kappa shape index (κ3) is 4.18. The lowest BCUT2D eigenvalue weighted by Crippen LogP contribution is -1.98. The van der Waals surface area contributed by atoms with Crippen LogP contribution in [0.25, 0.3) is 0 Å². The SMILES string of the molecule is CC1/C=N\CCCCCCC1. The summed E-state index contributed by atoms with van der Waals surface area (Å²) in [5.41, 5.74) is 0. The normalized spacial score (nSPS) is 31.2. The molecule has 0 fully saturated rings. The van der Waals surface area contributed by atoms with Gasteiger partial charge in [-0.2, -0.15) is 0 Å². The summed E-state index contributed by atoms with van der Waals surface area (Å²) in [5, 5.41) is 0. The van der Waals surface area contributed by atoms with Crippen molar-refractivity contribution in [2.75, 3.05) is 6.54 Å². The molecule has 1 heterocycles. The van der Waals surface area contributed by atoms with Crippen molar-refractivity contribution in [2.24, 2.45) is 10.9 Å². The molecule has 0 aromatic rings. The Balaban J connectivity index is 2.26. The van der Waals surface area contributed by atoms with Gasteiger partial charge in [0.25, 0.3) is 0 Å². The molecule has 0 amide bonds. The number of hydrogen-bond acceptors (Lipinski definition) is 1. The van der Waals surface area contributed by atoms with E-state index in [0.29, 0.717) is 5.92 Å². The summed E-state index contributed by atoms with van der Waals surface area (Å²) in [6, 6.07) is 0. The minimum atomic E-state index is 0.716. The van der Waals surface area contributed by atoms with Crippen LogP contribution < -0.4 is 0 Å². The summed E-state index contributed by atoms with van der Waals surface area (Å²) in [6.07, 6.45) is 10.4. The van der Waals surface area contributed by atoms with E-state index in [1.165, 1.54) is 38.5 Å². The summed E-state index contributed by atoms with van der Waals surface area (Å²) in [7, 11) is 0. The predicted octanol–water partition coefficient (Wildman–Crippen LogP) is 3.05. The molecule has 1 atom stereocenters. The second-order valence-corrected chi connectivity index (χ2v) is 3.59. The number of hydrogen-bond donors (Lipinski definition) is 0. The molecule has 0 radical (unpaired) electrons. The summed E-state index contributed by atoms with van der Waals surface area (Å²) < 4.78 is 0. The second-order valence-electron chi connectivity index (χ2n) is 3.59. The zero-order valence-corrected chi connectivity index (χ0v) is 7.55. The second kappa shape index (κ2) is 5.34. The topological polar surface area (TPSA) is 12.4 Å². The first kappa shape index (κ1) is 8.76. The van der Waals surface area contributed by atoms with Gasteiger partial charge in [0.1, 0.15) is 0 Å². The van der Waals surface area contributed by atoms with E-state index in [9.17, 15) is 0 Å². The Bertz CT molecular complexity index is 118. The molecule has 64 valence electrons. The van der Waals surface area contributed by atoms with Gasteiger partial charge >= 0.3 is 0 Å². The van der Waals surface area contributed by atoms with Gasteiger partial charge in [0.2, 0.25) is 0 Å². The van der Waals surface area contributed by atoms with Gasteiger partial charge < -0.3 is 0 Å². The lowest BCUT2D eigenvalue weighted by molar-refractivity contribution is 0.555. The largest absolute Gasteiger partial charge is 0.297 e. The lowest BCUT2D eigenvalue weighted by Gasteiger charge is -2.07. The fourth-order valence-corrected chi connectivity index (χ4v) is 1.53. The maximum Gasteiger partial charge on any atom is 0.0385 e. The molecule has 11 heavy (non-hydrogen) atoms. The molecular weight excluding hydrogens is 134 g/mol. The van der Waals surface area contributed by atoms with Gasteiger partial charge in [0, 0.05) is 12.8 Å². The molecular formula is C10H19N. The van der Waals surface area contributed by atoms with Gasteiger partial charge in [0.15, 0.2) is 0 Å². The fourth-order valence-electron chi connectivity index (χ4n) is 1.53. The maximum absolute atomic E-state index is 4.39. The Hall–Kier alpha value is -0.330. The first-order valence-electron chi connectivity index (χ1n) is 4.89. The molecule has 1 aliphatic rings. The van der Waals surface area contributed by atoms with Gasteiger partial charge in [-0.05, 0) is 18.8 Å². The molecule has 0 saturated carbocycles. The molecule has 0 saturated heterocycles. The molecule has 0 bridgehead atoms. The van der Waals surface area contributed by atoms with Crippen LogP contribution in [-0.4, -0.2) is 12.8 Å². The van der Waals surface area contributed by atoms with Gasteiger partial charge in [-0.1, -0.05) is 32.6 Å². The van der Waals surface area contributed by atoms with Gasteiger partial charge in [-0.3, -0.25) is 4.99 Å². The van der Waals surface area contributed by atoms with Crippen molar-refractivity contribution in [1.82, 2.24) is 0 Å². The highest BCUT2D eigenvalue weighted by atomic mass is 14.7. The summed E-state index contributed by atoms with van der Waals surface area (Å²) >= 11 is 0. The molecule has 0 aliphatic carbocycles. The fraction of sp³-hybridized carbons (Fsp3) is 0.900. The van der Waals surface area contributed by atoms with Crippen LogP contribution in [0.1, 0.15) is 45.4 Å². The smallest absolute Gasteiger partial charge is 0.0385 e. The van der Waals surface area contributed by atoms with Crippen molar-refractivity contribution in [3.63, 3.8) is 0 Å². The maximum atomic E-state index is 4.39. The minimum Gasteiger partial charge on any atom is -0.297 e. The molecule has 1 heteroatoms. The van der Waals surface area contributed by atoms with Crippen LogP contribution in [0.3, 0.4) is 0 Å². The third-order valence-corrected chi connectivity index (χ3v) is 2.31. The molecule has 1 nitrogen and oxygen atoms in total. The Morgan fingerprint density at radius 2 is 1.82 bits per heavy atom. The Kier molecular flexibility index (Phi) is 4.25. The Labute approximate surface area is 69.9 Å². The van der Waals surface area contributed by atoms with E-state index in [0.717, 1.165) is 6.54 Å². The Morgan fingerprint density at radius 3 is 2.73 bits per heavy atom. The zero-order valence-electron chi connectivity index (χ0n) is 7.55. The highest BCUT2D eigenvalue weighted by molar-refractivity contribution is 5.59. The summed E-state index contributed by atoms with van der Waals surface area (Å²) in [4.78, 5) is 4.39. The molecule has 0 aromatic carbocycles. The van der Waals surface area contributed by atoms with Crippen molar-refractivity contribution < 1.29 is 0 Å². The first-order valence-corrected chi connectivity index (χ1v) is 4.89. The van der Waals surface area contributed by atoms with Crippen LogP contribution in [0.5, 0.6) is 0 Å². The van der Waals surface area contributed by atoms with Crippen molar-refractivity contribution in [2.45, 2.75) is 45.4 Å². The Morgan fingerprint density at radius 1 is 1.09 bits per heavy atom. The van der Waals surface area contributed by atoms with Crippen LogP contribution in [-0.2, 0) is 0 Å². The van der Waals surface area contributed by atoms with E-state index >= 15 is 0 Å². The molecule has 1 aliphatic heterocycles. The number of nitrogens with zero attached hydrogens (tertiary/aromatic N) is 1. The average Bonchev–Trinajstić information content (AvgIpc) is 2.03. The van der Waals surface area contributed by atoms with Crippen LogP contribution in [0.2, 0.25) is 0 Å². The van der Waals surface area contributed by atoms with E-state index in [1.54, 1.807) is 0 Å². The molecule has 0 spiro atoms. The predicted molar refractivity (Wildman–Crippen MR) is 50.2 cm³/mol. The van der Waals surface area contributed by atoms with Crippen LogP contribution >= 0.6 is 0 Å². The average molecular weight is 153 g/mol. The highest BCUT2D eigenvalue weighted by Crippen LogP contribution is 2.11. The van der Waals surface area contributed by atoms with E-state index in [4.69, 9.17) is 0 Å². The summed E-state index contributed by atoms with van der Waals surface area (Å²) in [5.74, 6) is 0.716. The lowest BCUT2D eigenvalue weighted by atomic mass is 10.0. The summed E-state index contributed by atoms with van der Waals surface area (Å²) in [6.45, 7) is 3.33. The van der Waals surface area contributed by atoms with Crippen LogP contribution in [0, 0.1) is 5.92 Å². The third-order valence-electron chi connectivity index (χ3n) is 2.31. The quantitative estimate of drug-likeness (QED) is 0.507. The van der Waals surface area contributed by atoms with Crippen molar-refractivity contribution in [3.8, 4) is 0 Å². The monoisotopic (exact) mass is 153 g/mol. The first-order chi connectivity index (χ1) is 5.39. The van der Waals surface area contributed by atoms with E-state index < -0.39 is 0 Å². The van der Waals surface area contributed by atoms with Crippen LogP contribution in [0.15, 0.2) is 4.99 Å². The van der Waals surface area contributed by atoms with E-state index in [-0.39, 0.29) is 0 Å². The van der Waals surface area contributed by atoms with Gasteiger partial charge in [-0.25, -0.2) is 0 Å². The zero-order chi connectivity index (χ0) is 7.94. The van der Waals surface area contributed by atoms with E-state index in [2.05, 4.69) is 18.1 Å². The van der Waals surface area contributed by atoms with Gasteiger partial charge in [0.05, 0.1) is 0 Å². The van der Waals surface area contributed by atoms with Crippen molar-refractivity contribution >= 4 is 6.21 Å². The number of rotatable bonds is 0. The number of aliphatic imine (C=N–C) groups is 1. The standard InChI is InChI=1S/C10H19N/c1-10-7-5-3-2-4-6-8-11-9-10/h9-10H,2-8H2,1H3/b11-9-. The van der Waals surface area contributed by atoms with Crippen molar-refractivity contribution in [1.29, 1.82) is 0 Å². The van der Waals surface area contributed by atoms with Gasteiger partial charge in [-0.15, -0.1) is 0 Å². The molecule has 1 unspecified atom stereocenters. The molecule has 0 N–H and O–H groups in total. The van der Waals surface area contributed by atoms with E-state index in [1.807, 2.05) is 0 Å². The highest BCUT2D eigenvalue weighted by Gasteiger charge is 1.99. The van der Waals surface area contributed by atoms with Crippen molar-refractivity contribution in [3.05, 3.63) is 0 Å². The molecule has 0 aromatic heterocycles. The molecule has 1 rings (SSSR count).